The SMILES string of the molecule is Cc1ccsc1CN(C)C(=O)COc1ccc(C#N)cc1. The van der Waals surface area contributed by atoms with Gasteiger partial charge in [-0.25, -0.2) is 0 Å². The standard InChI is InChI=1S/C16H16N2O2S/c1-12-7-8-21-15(12)10-18(2)16(19)11-20-14-5-3-13(9-17)4-6-14/h3-8H,10-11H2,1-2H3. The monoisotopic (exact) mass is 300 g/mol. The smallest absolute Gasteiger partial charge is 0.260 e. The van der Waals surface area contributed by atoms with Gasteiger partial charge in [-0.3, -0.25) is 4.79 Å². The van der Waals surface area contributed by atoms with Crippen LogP contribution < -0.4 is 4.74 Å². The van der Waals surface area contributed by atoms with Gasteiger partial charge >= 0.3 is 0 Å². The molecule has 0 fully saturated rings. The molecule has 1 heterocycles. The highest BCUT2D eigenvalue weighted by Crippen LogP contribution is 2.17. The van der Waals surface area contributed by atoms with E-state index in [2.05, 4.69) is 0 Å². The molecule has 21 heavy (non-hydrogen) atoms. The van der Waals surface area contributed by atoms with Gasteiger partial charge in [-0.1, -0.05) is 0 Å². The van der Waals surface area contributed by atoms with E-state index in [0.717, 1.165) is 0 Å². The second-order valence-corrected chi connectivity index (χ2v) is 5.70. The Balaban J connectivity index is 1.86. The Hall–Kier alpha value is -2.32. The Bertz CT molecular complexity index is 656. The number of hydrogen-bond acceptors (Lipinski definition) is 4. The zero-order chi connectivity index (χ0) is 15.2. The second kappa shape index (κ2) is 6.91. The Morgan fingerprint density at radius 2 is 2.05 bits per heavy atom. The molecule has 0 spiro atoms. The molecule has 5 heteroatoms. The first-order chi connectivity index (χ1) is 10.1. The molecular weight excluding hydrogens is 284 g/mol. The lowest BCUT2D eigenvalue weighted by Crippen LogP contribution is -2.30. The fraction of sp³-hybridized carbons (Fsp3) is 0.250. The predicted octanol–water partition coefficient (Wildman–Crippen LogP) is 2.97. The lowest BCUT2D eigenvalue weighted by atomic mass is 10.2. The average Bonchev–Trinajstić information content (AvgIpc) is 2.90. The van der Waals surface area contributed by atoms with E-state index in [4.69, 9.17) is 10.00 Å². The van der Waals surface area contributed by atoms with Crippen LogP contribution in [0, 0.1) is 18.3 Å². The fourth-order valence-electron chi connectivity index (χ4n) is 1.75. The summed E-state index contributed by atoms with van der Waals surface area (Å²) >= 11 is 1.65. The molecule has 2 aromatic rings. The first-order valence-corrected chi connectivity index (χ1v) is 7.38. The van der Waals surface area contributed by atoms with Crippen molar-refractivity contribution in [3.8, 4) is 11.8 Å². The number of ether oxygens (including phenoxy) is 1. The molecule has 1 aromatic heterocycles. The van der Waals surface area contributed by atoms with E-state index in [1.807, 2.05) is 24.4 Å². The van der Waals surface area contributed by atoms with E-state index >= 15 is 0 Å². The number of thiophene rings is 1. The number of rotatable bonds is 5. The Morgan fingerprint density at radius 3 is 2.62 bits per heavy atom. The molecular formula is C16H16N2O2S. The highest BCUT2D eigenvalue weighted by Gasteiger charge is 2.12. The summed E-state index contributed by atoms with van der Waals surface area (Å²) in [7, 11) is 1.77. The van der Waals surface area contributed by atoms with Gasteiger partial charge < -0.3 is 9.64 Å². The third kappa shape index (κ3) is 4.07. The van der Waals surface area contributed by atoms with Crippen LogP contribution in [0.15, 0.2) is 35.7 Å². The van der Waals surface area contributed by atoms with Gasteiger partial charge in [-0.05, 0) is 48.2 Å². The van der Waals surface area contributed by atoms with Crippen molar-refractivity contribution in [2.24, 2.45) is 0 Å². The van der Waals surface area contributed by atoms with Crippen molar-refractivity contribution >= 4 is 17.2 Å². The summed E-state index contributed by atoms with van der Waals surface area (Å²) in [5, 5.41) is 10.7. The minimum atomic E-state index is -0.0767. The number of carbonyl (C=O) groups excluding carboxylic acids is 1. The van der Waals surface area contributed by atoms with Gasteiger partial charge in [0.05, 0.1) is 18.2 Å². The van der Waals surface area contributed by atoms with Crippen LogP contribution in [0.5, 0.6) is 5.75 Å². The van der Waals surface area contributed by atoms with Crippen LogP contribution in [0.4, 0.5) is 0 Å². The molecule has 0 unspecified atom stereocenters. The van der Waals surface area contributed by atoms with Gasteiger partial charge in [0.25, 0.3) is 5.91 Å². The topological polar surface area (TPSA) is 53.3 Å². The quantitative estimate of drug-likeness (QED) is 0.853. The molecule has 0 bridgehead atoms. The second-order valence-electron chi connectivity index (χ2n) is 4.70. The maximum Gasteiger partial charge on any atom is 0.260 e. The van der Waals surface area contributed by atoms with E-state index in [1.54, 1.807) is 47.5 Å². The van der Waals surface area contributed by atoms with Crippen LogP contribution in [0.25, 0.3) is 0 Å². The van der Waals surface area contributed by atoms with Crippen LogP contribution in [0.1, 0.15) is 16.0 Å². The van der Waals surface area contributed by atoms with Crippen LogP contribution in [0.2, 0.25) is 0 Å². The van der Waals surface area contributed by atoms with Crippen LogP contribution in [-0.2, 0) is 11.3 Å². The minimum Gasteiger partial charge on any atom is -0.484 e. The molecule has 0 aliphatic heterocycles. The first-order valence-electron chi connectivity index (χ1n) is 6.50. The molecule has 0 atom stereocenters. The van der Waals surface area contributed by atoms with Crippen molar-refractivity contribution in [3.05, 3.63) is 51.7 Å². The number of aryl methyl sites for hydroxylation is 1. The van der Waals surface area contributed by atoms with Gasteiger partial charge in [0, 0.05) is 11.9 Å². The van der Waals surface area contributed by atoms with E-state index in [-0.39, 0.29) is 12.5 Å². The van der Waals surface area contributed by atoms with E-state index in [1.165, 1.54) is 10.4 Å². The van der Waals surface area contributed by atoms with Crippen LogP contribution in [-0.4, -0.2) is 24.5 Å². The largest absolute Gasteiger partial charge is 0.484 e. The summed E-state index contributed by atoms with van der Waals surface area (Å²) in [6, 6.07) is 10.8. The van der Waals surface area contributed by atoms with E-state index in [0.29, 0.717) is 17.9 Å². The molecule has 0 N–H and O–H groups in total. The van der Waals surface area contributed by atoms with Crippen molar-refractivity contribution in [1.82, 2.24) is 4.90 Å². The molecule has 0 saturated carbocycles. The Kier molecular flexibility index (Phi) is 4.96. The van der Waals surface area contributed by atoms with Crippen molar-refractivity contribution in [1.29, 1.82) is 5.26 Å². The molecule has 0 radical (unpaired) electrons. The summed E-state index contributed by atoms with van der Waals surface area (Å²) in [5.41, 5.74) is 1.77. The third-order valence-corrected chi connectivity index (χ3v) is 4.13. The average molecular weight is 300 g/mol. The summed E-state index contributed by atoms with van der Waals surface area (Å²) in [5.74, 6) is 0.509. The van der Waals surface area contributed by atoms with Crippen molar-refractivity contribution in [2.75, 3.05) is 13.7 Å². The molecule has 1 amide bonds. The number of amides is 1. The van der Waals surface area contributed by atoms with E-state index < -0.39 is 0 Å². The van der Waals surface area contributed by atoms with Gasteiger partial charge in [0.15, 0.2) is 6.61 Å². The summed E-state index contributed by atoms with van der Waals surface area (Å²) in [6.07, 6.45) is 0. The maximum atomic E-state index is 12.0. The number of hydrogen-bond donors (Lipinski definition) is 0. The first kappa shape index (κ1) is 15.1. The highest BCUT2D eigenvalue weighted by atomic mass is 32.1. The van der Waals surface area contributed by atoms with Crippen LogP contribution >= 0.6 is 11.3 Å². The summed E-state index contributed by atoms with van der Waals surface area (Å²) in [6.45, 7) is 2.63. The number of likely N-dealkylation sites (N-methyl/N-ethyl adjacent to an activating group) is 1. The third-order valence-electron chi connectivity index (χ3n) is 3.12. The Labute approximate surface area is 128 Å². The Morgan fingerprint density at radius 1 is 1.33 bits per heavy atom. The zero-order valence-electron chi connectivity index (χ0n) is 12.0. The molecule has 4 nitrogen and oxygen atoms in total. The molecule has 2 rings (SSSR count). The molecule has 0 aliphatic carbocycles. The molecule has 0 saturated heterocycles. The van der Waals surface area contributed by atoms with Crippen LogP contribution in [0.3, 0.4) is 0 Å². The molecule has 108 valence electrons. The lowest BCUT2D eigenvalue weighted by Gasteiger charge is -2.17. The summed E-state index contributed by atoms with van der Waals surface area (Å²) in [4.78, 5) is 14.9. The van der Waals surface area contributed by atoms with Crippen molar-refractivity contribution in [2.45, 2.75) is 13.5 Å². The molecule has 0 aliphatic rings. The predicted molar refractivity (Wildman–Crippen MR) is 82.2 cm³/mol. The van der Waals surface area contributed by atoms with Crippen molar-refractivity contribution < 1.29 is 9.53 Å². The number of nitriles is 1. The van der Waals surface area contributed by atoms with Gasteiger partial charge in [0.1, 0.15) is 5.75 Å². The highest BCUT2D eigenvalue weighted by molar-refractivity contribution is 7.10. The molecule has 1 aromatic carbocycles. The normalized spacial score (nSPS) is 9.95. The zero-order valence-corrected chi connectivity index (χ0v) is 12.8. The number of benzene rings is 1. The number of nitrogens with zero attached hydrogens (tertiary/aromatic N) is 2. The fourth-order valence-corrected chi connectivity index (χ4v) is 2.71. The van der Waals surface area contributed by atoms with Gasteiger partial charge in [-0.15, -0.1) is 11.3 Å². The summed E-state index contributed by atoms with van der Waals surface area (Å²) < 4.78 is 5.44. The van der Waals surface area contributed by atoms with Crippen molar-refractivity contribution in [3.63, 3.8) is 0 Å². The minimum absolute atomic E-state index is 0.00712. The lowest BCUT2D eigenvalue weighted by molar-refractivity contribution is -0.132. The number of carbonyl (C=O) groups is 1. The van der Waals surface area contributed by atoms with Gasteiger partial charge in [-0.2, -0.15) is 5.26 Å². The van der Waals surface area contributed by atoms with Gasteiger partial charge in [0.2, 0.25) is 0 Å². The maximum absolute atomic E-state index is 12.0. The van der Waals surface area contributed by atoms with E-state index in [9.17, 15) is 4.79 Å².